The Morgan fingerprint density at radius 3 is 2.56 bits per heavy atom. The zero-order chi connectivity index (χ0) is 14.1. The Morgan fingerprint density at radius 2 is 2.11 bits per heavy atom. The Morgan fingerprint density at radius 1 is 1.56 bits per heavy atom. The molecule has 0 aliphatic carbocycles. The SMILES string of the molecule is Cc1nc(C#N)c(=N)n(O)c1C(=O)OC(C)(C)C. The summed E-state index contributed by atoms with van der Waals surface area (Å²) >= 11 is 0. The highest BCUT2D eigenvalue weighted by Crippen LogP contribution is 2.12. The Balaban J connectivity index is 3.36. The lowest BCUT2D eigenvalue weighted by Crippen LogP contribution is -2.33. The van der Waals surface area contributed by atoms with Crippen molar-refractivity contribution in [3.63, 3.8) is 0 Å². The molecule has 7 nitrogen and oxygen atoms in total. The van der Waals surface area contributed by atoms with E-state index in [4.69, 9.17) is 15.4 Å². The Kier molecular flexibility index (Phi) is 3.42. The molecule has 0 aromatic carbocycles. The van der Waals surface area contributed by atoms with Crippen LogP contribution in [0.4, 0.5) is 0 Å². The molecule has 1 aromatic heterocycles. The van der Waals surface area contributed by atoms with E-state index in [1.807, 2.05) is 0 Å². The van der Waals surface area contributed by atoms with Crippen LogP contribution in [0.2, 0.25) is 0 Å². The smallest absolute Gasteiger partial charge is 0.360 e. The summed E-state index contributed by atoms with van der Waals surface area (Å²) in [5.74, 6) is -0.798. The maximum atomic E-state index is 11.8. The number of nitriles is 1. The molecule has 0 bridgehead atoms. The van der Waals surface area contributed by atoms with Gasteiger partial charge in [0.05, 0.1) is 5.69 Å². The molecule has 0 radical (unpaired) electrons. The summed E-state index contributed by atoms with van der Waals surface area (Å²) in [6.45, 7) is 6.49. The van der Waals surface area contributed by atoms with Gasteiger partial charge in [-0.15, -0.1) is 0 Å². The number of esters is 1. The molecule has 0 fully saturated rings. The van der Waals surface area contributed by atoms with Crippen molar-refractivity contribution in [1.82, 2.24) is 9.71 Å². The van der Waals surface area contributed by atoms with Crippen LogP contribution in [0.5, 0.6) is 0 Å². The van der Waals surface area contributed by atoms with E-state index in [2.05, 4.69) is 4.98 Å². The van der Waals surface area contributed by atoms with Crippen LogP contribution in [0.3, 0.4) is 0 Å². The maximum absolute atomic E-state index is 11.8. The van der Waals surface area contributed by atoms with Crippen LogP contribution in [0.25, 0.3) is 0 Å². The van der Waals surface area contributed by atoms with Gasteiger partial charge in [-0.3, -0.25) is 5.41 Å². The van der Waals surface area contributed by atoms with E-state index in [-0.39, 0.29) is 17.1 Å². The van der Waals surface area contributed by atoms with Gasteiger partial charge in [-0.1, -0.05) is 0 Å². The topological polar surface area (TPSA) is 112 Å². The maximum Gasteiger partial charge on any atom is 0.360 e. The number of carbonyl (C=O) groups is 1. The Labute approximate surface area is 104 Å². The molecule has 0 saturated heterocycles. The third-order valence-corrected chi connectivity index (χ3v) is 1.97. The molecule has 0 aliphatic rings. The molecule has 1 heterocycles. The molecule has 0 unspecified atom stereocenters. The molecule has 1 aromatic rings. The number of aromatic nitrogens is 2. The van der Waals surface area contributed by atoms with Gasteiger partial charge in [0.25, 0.3) is 0 Å². The number of ether oxygens (including phenoxy) is 1. The molecule has 18 heavy (non-hydrogen) atoms. The fourth-order valence-corrected chi connectivity index (χ4v) is 1.28. The zero-order valence-corrected chi connectivity index (χ0v) is 10.6. The van der Waals surface area contributed by atoms with E-state index in [1.54, 1.807) is 26.8 Å². The summed E-state index contributed by atoms with van der Waals surface area (Å²) in [5, 5.41) is 25.9. The molecular weight excluding hydrogens is 236 g/mol. The molecule has 7 heteroatoms. The number of carbonyl (C=O) groups excluding carboxylic acids is 1. The van der Waals surface area contributed by atoms with Crippen molar-refractivity contribution in [2.24, 2.45) is 0 Å². The predicted molar refractivity (Wildman–Crippen MR) is 59.9 cm³/mol. The number of nitrogens with zero attached hydrogens (tertiary/aromatic N) is 3. The first-order chi connectivity index (χ1) is 8.17. The quantitative estimate of drug-likeness (QED) is 0.563. The van der Waals surface area contributed by atoms with Crippen molar-refractivity contribution in [1.29, 1.82) is 10.7 Å². The van der Waals surface area contributed by atoms with Gasteiger partial charge >= 0.3 is 5.97 Å². The first kappa shape index (κ1) is 13.7. The van der Waals surface area contributed by atoms with E-state index in [9.17, 15) is 10.0 Å². The van der Waals surface area contributed by atoms with Crippen LogP contribution in [-0.2, 0) is 4.74 Å². The van der Waals surface area contributed by atoms with E-state index in [0.717, 1.165) is 0 Å². The molecule has 0 aliphatic heterocycles. The Hall–Kier alpha value is -2.36. The number of aryl methyl sites for hydroxylation is 1. The van der Waals surface area contributed by atoms with Gasteiger partial charge in [-0.2, -0.15) is 9.99 Å². The molecule has 1 rings (SSSR count). The first-order valence-electron chi connectivity index (χ1n) is 5.18. The first-order valence-corrected chi connectivity index (χ1v) is 5.18. The van der Waals surface area contributed by atoms with Gasteiger partial charge in [0.15, 0.2) is 16.9 Å². The number of rotatable bonds is 1. The lowest BCUT2D eigenvalue weighted by molar-refractivity contribution is 0.00212. The largest absolute Gasteiger partial charge is 0.455 e. The van der Waals surface area contributed by atoms with Crippen LogP contribution >= 0.6 is 0 Å². The second kappa shape index (κ2) is 4.49. The van der Waals surface area contributed by atoms with Gasteiger partial charge in [0, 0.05) is 0 Å². The monoisotopic (exact) mass is 250 g/mol. The van der Waals surface area contributed by atoms with Crippen molar-refractivity contribution in [2.45, 2.75) is 33.3 Å². The number of hydrogen-bond acceptors (Lipinski definition) is 6. The second-order valence-corrected chi connectivity index (χ2v) is 4.67. The molecule has 0 spiro atoms. The van der Waals surface area contributed by atoms with Crippen LogP contribution < -0.4 is 5.49 Å². The van der Waals surface area contributed by atoms with Crippen LogP contribution in [0, 0.1) is 23.7 Å². The number of nitrogens with one attached hydrogen (secondary N) is 1. The highest BCUT2D eigenvalue weighted by molar-refractivity contribution is 5.88. The minimum Gasteiger partial charge on any atom is -0.455 e. The number of hydrogen-bond donors (Lipinski definition) is 2. The van der Waals surface area contributed by atoms with Crippen LogP contribution in [-0.4, -0.2) is 26.5 Å². The minimum absolute atomic E-state index is 0.124. The standard InChI is InChI=1S/C11H14N4O3/c1-6-8(10(16)18-11(2,3)4)15(17)9(13)7(5-12)14-6/h13,17H,1-4H3. The molecule has 0 saturated carbocycles. The fourth-order valence-electron chi connectivity index (χ4n) is 1.28. The molecule has 0 atom stereocenters. The van der Waals surface area contributed by atoms with Crippen molar-refractivity contribution in [2.75, 3.05) is 0 Å². The average molecular weight is 250 g/mol. The van der Waals surface area contributed by atoms with Gasteiger partial charge in [-0.25, -0.2) is 9.78 Å². The lowest BCUT2D eigenvalue weighted by Gasteiger charge is -2.20. The highest BCUT2D eigenvalue weighted by Gasteiger charge is 2.24. The van der Waals surface area contributed by atoms with Crippen LogP contribution in [0.1, 0.15) is 42.6 Å². The van der Waals surface area contributed by atoms with E-state index in [1.165, 1.54) is 6.92 Å². The summed E-state index contributed by atoms with van der Waals surface area (Å²) < 4.78 is 5.40. The summed E-state index contributed by atoms with van der Waals surface area (Å²) in [4.78, 5) is 15.6. The van der Waals surface area contributed by atoms with Gasteiger partial charge in [0.2, 0.25) is 0 Å². The second-order valence-electron chi connectivity index (χ2n) is 4.67. The van der Waals surface area contributed by atoms with Crippen LogP contribution in [0.15, 0.2) is 0 Å². The molecular formula is C11H14N4O3. The molecule has 0 amide bonds. The average Bonchev–Trinajstić information content (AvgIpc) is 2.20. The highest BCUT2D eigenvalue weighted by atomic mass is 16.6. The van der Waals surface area contributed by atoms with Crippen molar-refractivity contribution in [3.8, 4) is 6.07 Å². The van der Waals surface area contributed by atoms with Crippen molar-refractivity contribution in [3.05, 3.63) is 22.6 Å². The fraction of sp³-hybridized carbons (Fsp3) is 0.455. The van der Waals surface area contributed by atoms with Crippen molar-refractivity contribution < 1.29 is 14.7 Å². The Bertz CT molecular complexity index is 590. The van der Waals surface area contributed by atoms with E-state index < -0.39 is 17.1 Å². The summed E-state index contributed by atoms with van der Waals surface area (Å²) in [7, 11) is 0. The third kappa shape index (κ3) is 2.66. The predicted octanol–water partition coefficient (Wildman–Crippen LogP) is 0.735. The van der Waals surface area contributed by atoms with E-state index in [0.29, 0.717) is 4.73 Å². The third-order valence-electron chi connectivity index (χ3n) is 1.97. The molecule has 96 valence electrons. The van der Waals surface area contributed by atoms with Gasteiger partial charge in [0.1, 0.15) is 11.7 Å². The van der Waals surface area contributed by atoms with Gasteiger partial charge < -0.3 is 9.94 Å². The summed E-state index contributed by atoms with van der Waals surface area (Å²) in [6, 6.07) is 1.66. The van der Waals surface area contributed by atoms with E-state index >= 15 is 0 Å². The summed E-state index contributed by atoms with van der Waals surface area (Å²) in [5.41, 5.74) is -1.67. The lowest BCUT2D eigenvalue weighted by atomic mass is 10.2. The molecule has 2 N–H and O–H groups in total. The summed E-state index contributed by atoms with van der Waals surface area (Å²) in [6.07, 6.45) is 0. The normalized spacial score (nSPS) is 10.8. The van der Waals surface area contributed by atoms with Crippen molar-refractivity contribution >= 4 is 5.97 Å². The minimum atomic E-state index is -0.798. The zero-order valence-electron chi connectivity index (χ0n) is 10.6. The van der Waals surface area contributed by atoms with Gasteiger partial charge in [-0.05, 0) is 27.7 Å².